The van der Waals surface area contributed by atoms with E-state index in [4.69, 9.17) is 15.0 Å². The van der Waals surface area contributed by atoms with E-state index in [1.54, 1.807) is 12.1 Å². The quantitative estimate of drug-likeness (QED) is 0.0869. The SMILES string of the molecule is Oc1c(O)c(O)c(-c2cccc3c2sc2c(-c4cccc(-c5nc(-c6ccc7c(c6)Cc6ccccc6-7)nc(C6C=CC=CC6)n5)c4)cccc23)c(O)c1O. The molecule has 8 aromatic rings. The minimum atomic E-state index is -0.993. The van der Waals surface area contributed by atoms with Gasteiger partial charge in [0.05, 0.1) is 5.56 Å². The van der Waals surface area contributed by atoms with E-state index in [-0.39, 0.29) is 11.5 Å². The summed E-state index contributed by atoms with van der Waals surface area (Å²) in [5.74, 6) is -2.34. The molecule has 5 N–H and O–H groups in total. The Hall–Kier alpha value is -6.97. The molecule has 8 nitrogen and oxygen atoms in total. The van der Waals surface area contributed by atoms with Gasteiger partial charge < -0.3 is 25.5 Å². The first kappa shape index (κ1) is 32.7. The normalized spacial score (nSPS) is 14.4. The fourth-order valence-corrected chi connectivity index (χ4v) is 9.24. The Labute approximate surface area is 319 Å². The molecule has 1 unspecified atom stereocenters. The van der Waals surface area contributed by atoms with Gasteiger partial charge in [-0.3, -0.25) is 0 Å². The molecule has 0 radical (unpaired) electrons. The van der Waals surface area contributed by atoms with Crippen molar-refractivity contribution in [1.82, 2.24) is 15.0 Å². The lowest BCUT2D eigenvalue weighted by molar-refractivity contribution is 0.330. The van der Waals surface area contributed by atoms with Gasteiger partial charge >= 0.3 is 0 Å². The number of aromatic hydroxyl groups is 5. The topological polar surface area (TPSA) is 140 Å². The summed E-state index contributed by atoms with van der Waals surface area (Å²) in [5, 5.41) is 54.1. The molecule has 6 aromatic carbocycles. The summed E-state index contributed by atoms with van der Waals surface area (Å²) < 4.78 is 1.68. The molecule has 0 saturated heterocycles. The average Bonchev–Trinajstić information content (AvgIpc) is 3.81. The van der Waals surface area contributed by atoms with Crippen LogP contribution in [0.5, 0.6) is 28.7 Å². The number of nitrogens with zero attached hydrogens (tertiary/aromatic N) is 3. The van der Waals surface area contributed by atoms with Crippen LogP contribution >= 0.6 is 11.3 Å². The number of hydrogen-bond donors (Lipinski definition) is 5. The molecule has 55 heavy (non-hydrogen) atoms. The van der Waals surface area contributed by atoms with Crippen molar-refractivity contribution in [3.05, 3.63) is 144 Å². The Morgan fingerprint density at radius 1 is 0.509 bits per heavy atom. The second-order valence-electron chi connectivity index (χ2n) is 13.9. The highest BCUT2D eigenvalue weighted by Crippen LogP contribution is 2.57. The maximum atomic E-state index is 10.8. The molecular formula is C46H31N3O5S. The van der Waals surface area contributed by atoms with Gasteiger partial charge in [0.15, 0.2) is 23.1 Å². The molecule has 2 aliphatic rings. The third-order valence-electron chi connectivity index (χ3n) is 10.6. The van der Waals surface area contributed by atoms with Crippen molar-refractivity contribution in [3.63, 3.8) is 0 Å². The zero-order chi connectivity index (χ0) is 37.4. The van der Waals surface area contributed by atoms with Crippen LogP contribution in [-0.4, -0.2) is 40.5 Å². The largest absolute Gasteiger partial charge is 0.504 e. The molecule has 266 valence electrons. The van der Waals surface area contributed by atoms with Crippen LogP contribution in [-0.2, 0) is 6.42 Å². The van der Waals surface area contributed by atoms with Crippen molar-refractivity contribution < 1.29 is 25.5 Å². The maximum Gasteiger partial charge on any atom is 0.208 e. The van der Waals surface area contributed by atoms with Gasteiger partial charge in [0.25, 0.3) is 0 Å². The molecule has 0 amide bonds. The van der Waals surface area contributed by atoms with E-state index >= 15 is 0 Å². The summed E-state index contributed by atoms with van der Waals surface area (Å²) in [5.41, 5.74) is 9.02. The van der Waals surface area contributed by atoms with Crippen LogP contribution in [0.1, 0.15) is 29.3 Å². The molecular weight excluding hydrogens is 707 g/mol. The molecule has 0 bridgehead atoms. The monoisotopic (exact) mass is 737 g/mol. The number of thiophene rings is 1. The Bertz CT molecular complexity index is 2940. The summed E-state index contributed by atoms with van der Waals surface area (Å²) in [4.78, 5) is 15.2. The van der Waals surface area contributed by atoms with Gasteiger partial charge in [0.1, 0.15) is 5.82 Å². The van der Waals surface area contributed by atoms with Crippen LogP contribution in [0.25, 0.3) is 76.3 Å². The molecule has 0 aliphatic heterocycles. The lowest BCUT2D eigenvalue weighted by Crippen LogP contribution is -2.08. The number of rotatable bonds is 5. The molecule has 10 rings (SSSR count). The first-order chi connectivity index (χ1) is 26.8. The molecule has 2 aliphatic carbocycles. The van der Waals surface area contributed by atoms with Gasteiger partial charge in [-0.1, -0.05) is 115 Å². The van der Waals surface area contributed by atoms with Crippen molar-refractivity contribution in [3.8, 4) is 84.9 Å². The van der Waals surface area contributed by atoms with Crippen LogP contribution in [0.3, 0.4) is 0 Å². The molecule has 1 atom stereocenters. The molecule has 2 heterocycles. The highest BCUT2D eigenvalue weighted by Gasteiger charge is 2.27. The minimum Gasteiger partial charge on any atom is -0.504 e. The van der Waals surface area contributed by atoms with Crippen LogP contribution in [0, 0.1) is 0 Å². The van der Waals surface area contributed by atoms with Crippen molar-refractivity contribution in [2.24, 2.45) is 0 Å². The van der Waals surface area contributed by atoms with Crippen molar-refractivity contribution >= 4 is 31.5 Å². The number of aromatic nitrogens is 3. The van der Waals surface area contributed by atoms with E-state index in [0.29, 0.717) is 23.0 Å². The summed E-state index contributed by atoms with van der Waals surface area (Å²) in [7, 11) is 0. The number of allylic oxidation sites excluding steroid dienone is 4. The average molecular weight is 738 g/mol. The predicted octanol–water partition coefficient (Wildman–Crippen LogP) is 10.6. The Morgan fingerprint density at radius 3 is 1.87 bits per heavy atom. The van der Waals surface area contributed by atoms with Crippen LogP contribution in [0.2, 0.25) is 0 Å². The molecule has 2 aromatic heterocycles. The number of hydrogen-bond acceptors (Lipinski definition) is 9. The van der Waals surface area contributed by atoms with E-state index in [0.717, 1.165) is 55.3 Å². The van der Waals surface area contributed by atoms with Gasteiger partial charge in [0, 0.05) is 42.8 Å². The molecule has 9 heteroatoms. The van der Waals surface area contributed by atoms with Gasteiger partial charge in [-0.05, 0) is 58.4 Å². The smallest absolute Gasteiger partial charge is 0.208 e. The van der Waals surface area contributed by atoms with Gasteiger partial charge in [-0.2, -0.15) is 0 Å². The predicted molar refractivity (Wildman–Crippen MR) is 217 cm³/mol. The molecule has 0 fully saturated rings. The number of phenols is 5. The first-order valence-electron chi connectivity index (χ1n) is 17.9. The van der Waals surface area contributed by atoms with Gasteiger partial charge in [-0.15, -0.1) is 11.3 Å². The van der Waals surface area contributed by atoms with Gasteiger partial charge in [0.2, 0.25) is 17.2 Å². The van der Waals surface area contributed by atoms with Crippen molar-refractivity contribution in [2.75, 3.05) is 0 Å². The highest BCUT2D eigenvalue weighted by molar-refractivity contribution is 7.26. The second-order valence-corrected chi connectivity index (χ2v) is 14.9. The lowest BCUT2D eigenvalue weighted by atomic mass is 9.97. The number of fused-ring (bicyclic) bond motifs is 6. The number of benzene rings is 6. The van der Waals surface area contributed by atoms with E-state index < -0.39 is 28.7 Å². The zero-order valence-electron chi connectivity index (χ0n) is 29.1. The Kier molecular flexibility index (Phi) is 7.47. The lowest BCUT2D eigenvalue weighted by Gasteiger charge is -2.15. The summed E-state index contributed by atoms with van der Waals surface area (Å²) in [6.45, 7) is 0. The highest BCUT2D eigenvalue weighted by atomic mass is 32.1. The fraction of sp³-hybridized carbons (Fsp3) is 0.0652. The zero-order valence-corrected chi connectivity index (χ0v) is 29.9. The molecule has 0 saturated carbocycles. The maximum absolute atomic E-state index is 10.8. The molecule has 0 spiro atoms. The van der Waals surface area contributed by atoms with Crippen LogP contribution in [0.4, 0.5) is 0 Å². The van der Waals surface area contributed by atoms with E-state index in [1.165, 1.54) is 33.6 Å². The van der Waals surface area contributed by atoms with Gasteiger partial charge in [-0.25, -0.2) is 15.0 Å². The fourth-order valence-electron chi connectivity index (χ4n) is 7.88. The third-order valence-corrected chi connectivity index (χ3v) is 11.9. The van der Waals surface area contributed by atoms with Crippen LogP contribution in [0.15, 0.2) is 127 Å². The van der Waals surface area contributed by atoms with Crippen LogP contribution < -0.4 is 0 Å². The van der Waals surface area contributed by atoms with E-state index in [2.05, 4.69) is 66.7 Å². The van der Waals surface area contributed by atoms with E-state index in [1.807, 2.05) is 48.6 Å². The standard InChI is InChI=1S/C46H31N3O5S/c50-37-36(38(51)40(53)41(54)39(37)52)35-18-8-17-34-33-16-7-15-32(42(33)55-43(34)35)26-12-6-13-27(21-26)45-47-44(24-9-2-1-3-10-24)48-46(49-45)28-19-20-31-29(23-28)22-25-11-4-5-14-30(25)31/h1-9,11-21,23-24,50-54H,10,22H2. The first-order valence-corrected chi connectivity index (χ1v) is 18.7. The van der Waals surface area contributed by atoms with Crippen molar-refractivity contribution in [1.29, 1.82) is 0 Å². The third kappa shape index (κ3) is 5.23. The minimum absolute atomic E-state index is 0.0186. The summed E-state index contributed by atoms with van der Waals surface area (Å²) >= 11 is 1.46. The Balaban J connectivity index is 1.10. The summed E-state index contributed by atoms with van der Waals surface area (Å²) in [6, 6.07) is 34.7. The van der Waals surface area contributed by atoms with Crippen molar-refractivity contribution in [2.45, 2.75) is 18.8 Å². The number of phenolic OH excluding ortho intramolecular Hbond substituents is 5. The second kappa shape index (κ2) is 12.6. The summed E-state index contributed by atoms with van der Waals surface area (Å²) in [6.07, 6.45) is 10.0. The van der Waals surface area contributed by atoms with E-state index in [9.17, 15) is 25.5 Å². The Morgan fingerprint density at radius 2 is 1.13 bits per heavy atom.